The number of esters is 1. The summed E-state index contributed by atoms with van der Waals surface area (Å²) in [7, 11) is 0. The lowest BCUT2D eigenvalue weighted by atomic mass is 9.32. The van der Waals surface area contributed by atoms with Gasteiger partial charge in [0.15, 0.2) is 0 Å². The van der Waals surface area contributed by atoms with Crippen LogP contribution in [0.1, 0.15) is 153 Å². The molecule has 1 N–H and O–H groups in total. The minimum atomic E-state index is -1.11. The average molecular weight is 654 g/mol. The number of carboxylic acids is 1. The lowest BCUT2D eigenvalue weighted by Gasteiger charge is -2.73. The predicted octanol–water partition coefficient (Wildman–Crippen LogP) is 10.2. The maximum atomic E-state index is 13.1. The summed E-state index contributed by atoms with van der Waals surface area (Å²) in [5, 5.41) is 9.59. The highest BCUT2D eigenvalue weighted by Crippen LogP contribution is 2.78. The predicted molar refractivity (Wildman–Crippen MR) is 192 cm³/mol. The first-order valence-corrected chi connectivity index (χ1v) is 19.6. The Morgan fingerprint density at radius 3 is 2.17 bits per heavy atom. The van der Waals surface area contributed by atoms with Gasteiger partial charge in [-0.2, -0.15) is 0 Å². The second kappa shape index (κ2) is 12.8. The normalized spacial score (nSPS) is 42.5. The van der Waals surface area contributed by atoms with Gasteiger partial charge in [-0.25, -0.2) is 0 Å². The van der Waals surface area contributed by atoms with Gasteiger partial charge in [0.05, 0.1) is 11.8 Å². The molecule has 0 aliphatic heterocycles. The molecule has 0 amide bonds. The molecule has 5 aliphatic rings. The number of allylic oxidation sites excluding steroid dienone is 1. The highest BCUT2D eigenvalue weighted by Gasteiger charge is 2.71. The van der Waals surface area contributed by atoms with Crippen LogP contribution in [0.2, 0.25) is 0 Å². The Morgan fingerprint density at radius 1 is 0.872 bits per heavy atom. The van der Waals surface area contributed by atoms with Gasteiger partial charge in [0.2, 0.25) is 0 Å². The Hall–Kier alpha value is -1.36. The Balaban J connectivity index is 1.38. The molecule has 5 saturated carbocycles. The van der Waals surface area contributed by atoms with Crippen molar-refractivity contribution in [3.8, 4) is 0 Å². The summed E-state index contributed by atoms with van der Waals surface area (Å²) in [6.45, 7) is 31.1. The van der Waals surface area contributed by atoms with Gasteiger partial charge >= 0.3 is 11.9 Å². The molecule has 0 radical (unpaired) electrons. The van der Waals surface area contributed by atoms with Gasteiger partial charge in [0.1, 0.15) is 6.10 Å². The smallest absolute Gasteiger partial charge is 0.309 e. The number of carbonyl (C=O) groups is 2. The number of nitrogens with zero attached hydrogens (tertiary/aromatic N) is 1. The Bertz CT molecular complexity index is 1200. The fraction of sp³-hybridized carbons (Fsp3) is 0.905. The van der Waals surface area contributed by atoms with Crippen LogP contribution < -0.4 is 0 Å². The van der Waals surface area contributed by atoms with E-state index >= 15 is 0 Å². The van der Waals surface area contributed by atoms with E-state index in [1.807, 2.05) is 0 Å². The molecule has 47 heavy (non-hydrogen) atoms. The summed E-state index contributed by atoms with van der Waals surface area (Å²) in [4.78, 5) is 27.4. The number of rotatable bonds is 11. The zero-order valence-electron chi connectivity index (χ0n) is 32.1. The van der Waals surface area contributed by atoms with Gasteiger partial charge < -0.3 is 14.7 Å². The van der Waals surface area contributed by atoms with Crippen molar-refractivity contribution in [2.24, 2.45) is 62.1 Å². The molecule has 5 heteroatoms. The molecule has 0 aromatic rings. The zero-order valence-corrected chi connectivity index (χ0v) is 32.1. The monoisotopic (exact) mass is 654 g/mol. The molecule has 0 aromatic carbocycles. The molecule has 0 aromatic heterocycles. The molecule has 5 aliphatic carbocycles. The second-order valence-corrected chi connectivity index (χ2v) is 19.4. The van der Waals surface area contributed by atoms with Crippen molar-refractivity contribution >= 4 is 11.9 Å². The van der Waals surface area contributed by atoms with E-state index in [0.717, 1.165) is 37.8 Å². The van der Waals surface area contributed by atoms with Gasteiger partial charge in [-0.15, -0.1) is 0 Å². The quantitative estimate of drug-likeness (QED) is 0.178. The van der Waals surface area contributed by atoms with Crippen LogP contribution in [0.4, 0.5) is 0 Å². The number of carboxylic acid groups (broad SMARTS) is 1. The molecular weight excluding hydrogens is 582 g/mol. The van der Waals surface area contributed by atoms with Crippen LogP contribution >= 0.6 is 0 Å². The van der Waals surface area contributed by atoms with Crippen molar-refractivity contribution in [1.29, 1.82) is 0 Å². The minimum absolute atomic E-state index is 0.0828. The number of aliphatic carboxylic acids is 1. The third kappa shape index (κ3) is 5.86. The summed E-state index contributed by atoms with van der Waals surface area (Å²) in [6, 6.07) is 0. The first-order chi connectivity index (χ1) is 21.8. The minimum Gasteiger partial charge on any atom is -0.481 e. The lowest BCUT2D eigenvalue weighted by Crippen LogP contribution is -2.66. The number of carbonyl (C=O) groups excluding carboxylic acids is 1. The van der Waals surface area contributed by atoms with E-state index in [4.69, 9.17) is 4.74 Å². The standard InChI is InChI=1S/C42H71NO4/c1-12-43(13-2)26-14-20-42-23-17-29(28(3)4)35(42)30-15-16-32-39(9)21-19-33(47-34(44)27-37(5,6)36(45)46)38(7,8)31(39)18-22-41(32,11)40(30,10)24-25-42/h29-33,35H,3,12-27H2,1-2,4-11H3,(H,45,46)/t29?,30-,31+,32-,33+,35-,39+,40-,41-,42-/m1/s1. The fourth-order valence-corrected chi connectivity index (χ4v) is 13.7. The zero-order chi connectivity index (χ0) is 34.8. The summed E-state index contributed by atoms with van der Waals surface area (Å²) in [6.07, 6.45) is 15.1. The Kier molecular flexibility index (Phi) is 10.0. The van der Waals surface area contributed by atoms with Crippen LogP contribution in [0.15, 0.2) is 12.2 Å². The van der Waals surface area contributed by atoms with Gasteiger partial charge in [0.25, 0.3) is 0 Å². The number of fused-ring (bicyclic) bond motifs is 7. The van der Waals surface area contributed by atoms with Gasteiger partial charge in [-0.1, -0.05) is 60.6 Å². The van der Waals surface area contributed by atoms with Crippen molar-refractivity contribution in [3.63, 3.8) is 0 Å². The molecule has 0 bridgehead atoms. The van der Waals surface area contributed by atoms with E-state index in [-0.39, 0.29) is 29.3 Å². The number of hydrogen-bond acceptors (Lipinski definition) is 4. The highest BCUT2D eigenvalue weighted by atomic mass is 16.5. The van der Waals surface area contributed by atoms with Crippen LogP contribution in [0.5, 0.6) is 0 Å². The molecule has 0 spiro atoms. The maximum absolute atomic E-state index is 13.1. The van der Waals surface area contributed by atoms with Gasteiger partial charge in [-0.3, -0.25) is 9.59 Å². The molecule has 0 saturated heterocycles. The van der Waals surface area contributed by atoms with Crippen molar-refractivity contribution in [2.45, 2.75) is 159 Å². The van der Waals surface area contributed by atoms with E-state index in [1.54, 1.807) is 13.8 Å². The first kappa shape index (κ1) is 36.9. The van der Waals surface area contributed by atoms with Crippen molar-refractivity contribution < 1.29 is 19.4 Å². The summed E-state index contributed by atoms with van der Waals surface area (Å²) < 4.78 is 6.19. The van der Waals surface area contributed by atoms with E-state index in [1.165, 1.54) is 76.3 Å². The van der Waals surface area contributed by atoms with E-state index < -0.39 is 11.4 Å². The molecule has 5 rings (SSSR count). The summed E-state index contributed by atoms with van der Waals surface area (Å²) in [5.41, 5.74) is 1.54. The summed E-state index contributed by atoms with van der Waals surface area (Å²) >= 11 is 0. The molecular formula is C42H71NO4. The van der Waals surface area contributed by atoms with Crippen LogP contribution in [0.25, 0.3) is 0 Å². The van der Waals surface area contributed by atoms with Crippen molar-refractivity contribution in [1.82, 2.24) is 4.90 Å². The highest BCUT2D eigenvalue weighted by molar-refractivity contribution is 5.81. The van der Waals surface area contributed by atoms with Crippen LogP contribution in [-0.2, 0) is 14.3 Å². The lowest BCUT2D eigenvalue weighted by molar-refractivity contribution is -0.250. The van der Waals surface area contributed by atoms with E-state index in [2.05, 4.69) is 66.9 Å². The number of hydrogen-bond donors (Lipinski definition) is 1. The molecule has 5 fully saturated rings. The van der Waals surface area contributed by atoms with E-state index in [0.29, 0.717) is 34.0 Å². The largest absolute Gasteiger partial charge is 0.481 e. The Morgan fingerprint density at radius 2 is 1.55 bits per heavy atom. The maximum Gasteiger partial charge on any atom is 0.309 e. The molecule has 10 atom stereocenters. The molecule has 5 nitrogen and oxygen atoms in total. The molecule has 0 heterocycles. The number of ether oxygens (including phenoxy) is 1. The summed E-state index contributed by atoms with van der Waals surface area (Å²) in [5.74, 6) is 2.09. The van der Waals surface area contributed by atoms with Crippen molar-refractivity contribution in [2.75, 3.05) is 19.6 Å². The first-order valence-electron chi connectivity index (χ1n) is 19.6. The van der Waals surface area contributed by atoms with Crippen LogP contribution in [-0.4, -0.2) is 47.7 Å². The fourth-order valence-electron chi connectivity index (χ4n) is 13.7. The van der Waals surface area contributed by atoms with Crippen LogP contribution in [0, 0.1) is 62.1 Å². The second-order valence-electron chi connectivity index (χ2n) is 19.4. The third-order valence-corrected chi connectivity index (χ3v) is 16.7. The van der Waals surface area contributed by atoms with Crippen LogP contribution in [0.3, 0.4) is 0 Å². The topological polar surface area (TPSA) is 66.8 Å². The third-order valence-electron chi connectivity index (χ3n) is 16.7. The van der Waals surface area contributed by atoms with Gasteiger partial charge in [0, 0.05) is 5.41 Å². The van der Waals surface area contributed by atoms with Gasteiger partial charge in [-0.05, 0) is 169 Å². The van der Waals surface area contributed by atoms with Crippen molar-refractivity contribution in [3.05, 3.63) is 12.2 Å². The Labute approximate surface area is 288 Å². The molecule has 1 unspecified atom stereocenters. The average Bonchev–Trinajstić information content (AvgIpc) is 3.37. The van der Waals surface area contributed by atoms with E-state index in [9.17, 15) is 14.7 Å². The SMILES string of the molecule is C=C(C)C1CC[C@]2(CCCN(CC)CC)CC[C@]3(C)[C@H](CC[C@@H]4[C@@]5(C)CC[C@H](OC(=O)CC(C)(C)C(=O)O)C(C)(C)[C@@H]5CC[C@]43C)[C@@H]12. The molecule has 268 valence electrons.